The Kier molecular flexibility index (Phi) is 3.57. The summed E-state index contributed by atoms with van der Waals surface area (Å²) in [5.41, 5.74) is 1.58. The highest BCUT2D eigenvalue weighted by Gasteiger charge is 2.12. The SMILES string of the molecule is COc1cccc(C(=N)Cc2ccccn2)c1O. The number of nitrogens with one attached hydrogen (secondary N) is 1. The molecule has 0 fully saturated rings. The fourth-order valence-corrected chi connectivity index (χ4v) is 1.71. The zero-order valence-corrected chi connectivity index (χ0v) is 10.1. The number of benzene rings is 1. The topological polar surface area (TPSA) is 66.2 Å². The van der Waals surface area contributed by atoms with Gasteiger partial charge in [0, 0.05) is 29.6 Å². The number of phenolic OH excluding ortho intramolecular Hbond substituents is 1. The molecular weight excluding hydrogens is 228 g/mol. The van der Waals surface area contributed by atoms with Crippen LogP contribution in [0, 0.1) is 5.41 Å². The summed E-state index contributed by atoms with van der Waals surface area (Å²) in [5, 5.41) is 18.0. The van der Waals surface area contributed by atoms with Gasteiger partial charge in [-0.15, -0.1) is 0 Å². The second-order valence-corrected chi connectivity index (χ2v) is 3.83. The highest BCUT2D eigenvalue weighted by Crippen LogP contribution is 2.29. The summed E-state index contributed by atoms with van der Waals surface area (Å²) in [7, 11) is 1.49. The molecule has 0 bridgehead atoms. The highest BCUT2D eigenvalue weighted by molar-refractivity contribution is 6.02. The van der Waals surface area contributed by atoms with Crippen molar-refractivity contribution in [3.05, 3.63) is 53.9 Å². The van der Waals surface area contributed by atoms with Crippen LogP contribution in [0.15, 0.2) is 42.6 Å². The van der Waals surface area contributed by atoms with Crippen molar-refractivity contribution >= 4 is 5.71 Å². The van der Waals surface area contributed by atoms with Crippen LogP contribution >= 0.6 is 0 Å². The Hall–Kier alpha value is -2.36. The Balaban J connectivity index is 2.24. The smallest absolute Gasteiger partial charge is 0.166 e. The van der Waals surface area contributed by atoms with Gasteiger partial charge in [-0.25, -0.2) is 0 Å². The number of nitrogens with zero attached hydrogens (tertiary/aromatic N) is 1. The third-order valence-electron chi connectivity index (χ3n) is 2.63. The van der Waals surface area contributed by atoms with E-state index in [1.807, 2.05) is 18.2 Å². The molecule has 1 aromatic heterocycles. The number of hydrogen-bond donors (Lipinski definition) is 2. The third kappa shape index (κ3) is 2.48. The van der Waals surface area contributed by atoms with Crippen molar-refractivity contribution in [1.29, 1.82) is 5.41 Å². The fraction of sp³-hybridized carbons (Fsp3) is 0.143. The molecule has 4 heteroatoms. The van der Waals surface area contributed by atoms with Crippen LogP contribution in [0.25, 0.3) is 0 Å². The lowest BCUT2D eigenvalue weighted by molar-refractivity contribution is 0.373. The molecule has 0 atom stereocenters. The summed E-state index contributed by atoms with van der Waals surface area (Å²) in [5.74, 6) is 0.374. The van der Waals surface area contributed by atoms with E-state index in [4.69, 9.17) is 10.1 Å². The summed E-state index contributed by atoms with van der Waals surface area (Å²) < 4.78 is 5.02. The van der Waals surface area contributed by atoms with Crippen molar-refractivity contribution in [1.82, 2.24) is 4.98 Å². The normalized spacial score (nSPS) is 10.1. The zero-order valence-electron chi connectivity index (χ0n) is 10.1. The largest absolute Gasteiger partial charge is 0.504 e. The second-order valence-electron chi connectivity index (χ2n) is 3.83. The van der Waals surface area contributed by atoms with E-state index >= 15 is 0 Å². The van der Waals surface area contributed by atoms with Gasteiger partial charge in [0.1, 0.15) is 0 Å². The Labute approximate surface area is 105 Å². The number of para-hydroxylation sites is 1. The highest BCUT2D eigenvalue weighted by atomic mass is 16.5. The van der Waals surface area contributed by atoms with Crippen molar-refractivity contribution in [2.24, 2.45) is 0 Å². The van der Waals surface area contributed by atoms with Crippen LogP contribution in [0.4, 0.5) is 0 Å². The van der Waals surface area contributed by atoms with E-state index in [0.29, 0.717) is 23.4 Å². The molecular formula is C14H14N2O2. The van der Waals surface area contributed by atoms with E-state index in [0.717, 1.165) is 5.69 Å². The number of phenols is 1. The molecule has 0 unspecified atom stereocenters. The van der Waals surface area contributed by atoms with Gasteiger partial charge in [-0.1, -0.05) is 12.1 Å². The second kappa shape index (κ2) is 5.31. The van der Waals surface area contributed by atoms with E-state index in [1.54, 1.807) is 24.4 Å². The molecule has 2 aromatic rings. The first kappa shape index (κ1) is 12.1. The fourth-order valence-electron chi connectivity index (χ4n) is 1.71. The number of ether oxygens (including phenoxy) is 1. The summed E-state index contributed by atoms with van der Waals surface area (Å²) in [6.45, 7) is 0. The number of aromatic nitrogens is 1. The maximum atomic E-state index is 9.95. The minimum absolute atomic E-state index is 0.000862. The van der Waals surface area contributed by atoms with Crippen LogP contribution in [0.1, 0.15) is 11.3 Å². The maximum Gasteiger partial charge on any atom is 0.166 e. The van der Waals surface area contributed by atoms with Gasteiger partial charge in [0.15, 0.2) is 11.5 Å². The van der Waals surface area contributed by atoms with Crippen molar-refractivity contribution < 1.29 is 9.84 Å². The Morgan fingerprint density at radius 1 is 1.28 bits per heavy atom. The molecule has 0 aliphatic carbocycles. The first-order chi connectivity index (χ1) is 8.72. The molecule has 0 aliphatic rings. The lowest BCUT2D eigenvalue weighted by Crippen LogP contribution is -2.05. The van der Waals surface area contributed by atoms with E-state index in [1.165, 1.54) is 7.11 Å². The van der Waals surface area contributed by atoms with Gasteiger partial charge in [0.25, 0.3) is 0 Å². The van der Waals surface area contributed by atoms with E-state index < -0.39 is 0 Å². The quantitative estimate of drug-likeness (QED) is 0.809. The molecule has 0 spiro atoms. The van der Waals surface area contributed by atoms with Crippen LogP contribution in [0.3, 0.4) is 0 Å². The van der Waals surface area contributed by atoms with Crippen molar-refractivity contribution in [2.45, 2.75) is 6.42 Å². The summed E-state index contributed by atoms with van der Waals surface area (Å²) in [4.78, 5) is 4.16. The van der Waals surface area contributed by atoms with Gasteiger partial charge in [-0.2, -0.15) is 0 Å². The van der Waals surface area contributed by atoms with Crippen molar-refractivity contribution in [3.63, 3.8) is 0 Å². The van der Waals surface area contributed by atoms with Crippen LogP contribution in [0.5, 0.6) is 11.5 Å². The molecule has 0 aliphatic heterocycles. The monoisotopic (exact) mass is 242 g/mol. The average Bonchev–Trinajstić information content (AvgIpc) is 2.40. The number of methoxy groups -OCH3 is 1. The molecule has 1 heterocycles. The molecule has 18 heavy (non-hydrogen) atoms. The molecule has 0 radical (unpaired) electrons. The minimum Gasteiger partial charge on any atom is -0.504 e. The van der Waals surface area contributed by atoms with Gasteiger partial charge >= 0.3 is 0 Å². The van der Waals surface area contributed by atoms with Gasteiger partial charge in [-0.3, -0.25) is 4.98 Å². The molecule has 4 nitrogen and oxygen atoms in total. The Morgan fingerprint density at radius 2 is 2.11 bits per heavy atom. The van der Waals surface area contributed by atoms with Gasteiger partial charge in [0.05, 0.1) is 7.11 Å². The number of aromatic hydroxyl groups is 1. The van der Waals surface area contributed by atoms with Crippen LogP contribution in [0.2, 0.25) is 0 Å². The number of hydrogen-bond acceptors (Lipinski definition) is 4. The zero-order chi connectivity index (χ0) is 13.0. The molecule has 0 amide bonds. The summed E-state index contributed by atoms with van der Waals surface area (Å²) in [6.07, 6.45) is 2.07. The molecule has 1 aromatic carbocycles. The average molecular weight is 242 g/mol. The summed E-state index contributed by atoms with van der Waals surface area (Å²) in [6, 6.07) is 10.7. The van der Waals surface area contributed by atoms with Crippen LogP contribution in [-0.4, -0.2) is 22.9 Å². The number of rotatable bonds is 4. The standard InChI is InChI=1S/C14H14N2O2/c1-18-13-7-4-6-11(14(13)17)12(15)9-10-5-2-3-8-16-10/h2-8,15,17H,9H2,1H3. The van der Waals surface area contributed by atoms with Crippen molar-refractivity contribution in [2.75, 3.05) is 7.11 Å². The number of pyridine rings is 1. The lowest BCUT2D eigenvalue weighted by atomic mass is 10.0. The minimum atomic E-state index is 0.000862. The van der Waals surface area contributed by atoms with E-state index in [-0.39, 0.29) is 5.75 Å². The van der Waals surface area contributed by atoms with Gasteiger partial charge < -0.3 is 15.3 Å². The first-order valence-corrected chi connectivity index (χ1v) is 5.56. The molecule has 2 N–H and O–H groups in total. The van der Waals surface area contributed by atoms with E-state index in [2.05, 4.69) is 4.98 Å². The predicted molar refractivity (Wildman–Crippen MR) is 69.4 cm³/mol. The first-order valence-electron chi connectivity index (χ1n) is 5.56. The van der Waals surface area contributed by atoms with Crippen LogP contribution in [-0.2, 0) is 6.42 Å². The third-order valence-corrected chi connectivity index (χ3v) is 2.63. The molecule has 92 valence electrons. The van der Waals surface area contributed by atoms with E-state index in [9.17, 15) is 5.11 Å². The summed E-state index contributed by atoms with van der Waals surface area (Å²) >= 11 is 0. The predicted octanol–water partition coefficient (Wildman–Crippen LogP) is 2.41. The van der Waals surface area contributed by atoms with Gasteiger partial charge in [0.2, 0.25) is 0 Å². The molecule has 0 saturated carbocycles. The van der Waals surface area contributed by atoms with Crippen molar-refractivity contribution in [3.8, 4) is 11.5 Å². The van der Waals surface area contributed by atoms with Crippen LogP contribution < -0.4 is 4.74 Å². The Bertz CT molecular complexity index is 553. The molecule has 0 saturated heterocycles. The Morgan fingerprint density at radius 3 is 2.78 bits per heavy atom. The molecule has 2 rings (SSSR count). The van der Waals surface area contributed by atoms with Gasteiger partial charge in [-0.05, 0) is 24.3 Å². The maximum absolute atomic E-state index is 9.95. The lowest BCUT2D eigenvalue weighted by Gasteiger charge is -2.09.